The highest BCUT2D eigenvalue weighted by atomic mass is 16.5. The Hall–Kier alpha value is -1.06. The van der Waals surface area contributed by atoms with Gasteiger partial charge in [0.15, 0.2) is 0 Å². The fraction of sp³-hybridized carbons (Fsp3) is 0.933. The lowest BCUT2D eigenvalue weighted by Crippen LogP contribution is -2.27. The molecule has 0 radical (unpaired) electrons. The predicted octanol–water partition coefficient (Wildman–Crippen LogP) is 9.19. The fourth-order valence-electron chi connectivity index (χ4n) is 4.72. The van der Waals surface area contributed by atoms with Gasteiger partial charge in [-0.25, -0.2) is 0 Å². The topological polar surface area (TPSA) is 52.6 Å². The lowest BCUT2D eigenvalue weighted by molar-refractivity contribution is -0.148. The first-order valence-corrected chi connectivity index (χ1v) is 14.7. The highest BCUT2D eigenvalue weighted by molar-refractivity contribution is 5.69. The van der Waals surface area contributed by atoms with E-state index in [1.807, 2.05) is 0 Å². The summed E-state index contributed by atoms with van der Waals surface area (Å²) in [6.07, 6.45) is 18.5. The molecular formula is C30H58O4. The van der Waals surface area contributed by atoms with Crippen molar-refractivity contribution in [3.63, 3.8) is 0 Å². The van der Waals surface area contributed by atoms with E-state index in [0.717, 1.165) is 77.0 Å². The molecule has 0 bridgehead atoms. The maximum Gasteiger partial charge on any atom is 0.305 e. The largest absolute Gasteiger partial charge is 0.465 e. The Morgan fingerprint density at radius 1 is 0.500 bits per heavy atom. The molecule has 4 nitrogen and oxygen atoms in total. The Morgan fingerprint density at radius 2 is 0.824 bits per heavy atom. The molecule has 0 heterocycles. The highest BCUT2D eigenvalue weighted by Crippen LogP contribution is 2.34. The molecule has 0 amide bonds. The fourth-order valence-corrected chi connectivity index (χ4v) is 4.72. The van der Waals surface area contributed by atoms with Crippen LogP contribution in [0, 0.1) is 10.8 Å². The molecule has 0 aromatic heterocycles. The molecule has 0 unspecified atom stereocenters. The third kappa shape index (κ3) is 14.4. The van der Waals surface area contributed by atoms with Gasteiger partial charge in [-0.3, -0.25) is 9.59 Å². The van der Waals surface area contributed by atoms with Gasteiger partial charge >= 0.3 is 11.9 Å². The van der Waals surface area contributed by atoms with Crippen LogP contribution in [0.25, 0.3) is 0 Å². The molecule has 4 heteroatoms. The average molecular weight is 483 g/mol. The molecule has 0 N–H and O–H groups in total. The second-order valence-corrected chi connectivity index (χ2v) is 10.6. The number of carbonyl (C=O) groups is 2. The van der Waals surface area contributed by atoms with Crippen molar-refractivity contribution in [2.24, 2.45) is 10.8 Å². The summed E-state index contributed by atoms with van der Waals surface area (Å²) in [7, 11) is 0. The van der Waals surface area contributed by atoms with Crippen molar-refractivity contribution in [1.29, 1.82) is 0 Å². The molecule has 0 spiro atoms. The summed E-state index contributed by atoms with van der Waals surface area (Å²) in [5, 5.41) is 0. The van der Waals surface area contributed by atoms with E-state index < -0.39 is 0 Å². The second-order valence-electron chi connectivity index (χ2n) is 10.6. The Labute approximate surface area is 212 Å². The van der Waals surface area contributed by atoms with Crippen LogP contribution in [0.5, 0.6) is 0 Å². The number of unbranched alkanes of at least 4 members (excludes halogenated alkanes) is 7. The average Bonchev–Trinajstić information content (AvgIpc) is 2.86. The Balaban J connectivity index is 3.89. The van der Waals surface area contributed by atoms with E-state index in [9.17, 15) is 9.59 Å². The van der Waals surface area contributed by atoms with Crippen LogP contribution in [0.3, 0.4) is 0 Å². The van der Waals surface area contributed by atoms with E-state index in [2.05, 4.69) is 41.5 Å². The van der Waals surface area contributed by atoms with Gasteiger partial charge in [-0.05, 0) is 51.4 Å². The summed E-state index contributed by atoms with van der Waals surface area (Å²) >= 11 is 0. The first kappa shape index (κ1) is 32.9. The number of ether oxygens (including phenoxy) is 2. The van der Waals surface area contributed by atoms with E-state index in [1.54, 1.807) is 0 Å². The standard InChI is InChI=1S/C30H58O4/c1-7-13-23-29(9-3,10-4)25-33-27(31)21-19-17-15-16-18-20-22-28(32)34-26-30(11-5,12-6)24-14-8-2/h7-26H2,1-6H3. The third-order valence-corrected chi connectivity index (χ3v) is 8.21. The summed E-state index contributed by atoms with van der Waals surface area (Å²) < 4.78 is 11.3. The van der Waals surface area contributed by atoms with Gasteiger partial charge < -0.3 is 9.47 Å². The maximum absolute atomic E-state index is 12.2. The van der Waals surface area contributed by atoms with Gasteiger partial charge in [0.1, 0.15) is 0 Å². The molecule has 0 rings (SSSR count). The van der Waals surface area contributed by atoms with Gasteiger partial charge in [-0.2, -0.15) is 0 Å². The van der Waals surface area contributed by atoms with Crippen LogP contribution in [0.15, 0.2) is 0 Å². The molecule has 0 aliphatic carbocycles. The Bertz CT molecular complexity index is 460. The lowest BCUT2D eigenvalue weighted by atomic mass is 9.78. The van der Waals surface area contributed by atoms with E-state index in [-0.39, 0.29) is 22.8 Å². The molecule has 202 valence electrons. The van der Waals surface area contributed by atoms with E-state index in [4.69, 9.17) is 9.47 Å². The van der Waals surface area contributed by atoms with Crippen molar-refractivity contribution >= 4 is 11.9 Å². The van der Waals surface area contributed by atoms with Crippen LogP contribution in [-0.4, -0.2) is 25.2 Å². The number of esters is 2. The maximum atomic E-state index is 12.2. The smallest absolute Gasteiger partial charge is 0.305 e. The molecule has 0 aliphatic heterocycles. The zero-order valence-electron chi connectivity index (χ0n) is 23.8. The summed E-state index contributed by atoms with van der Waals surface area (Å²) in [6, 6.07) is 0. The van der Waals surface area contributed by atoms with Crippen molar-refractivity contribution in [2.75, 3.05) is 13.2 Å². The lowest BCUT2D eigenvalue weighted by Gasteiger charge is -2.31. The van der Waals surface area contributed by atoms with E-state index >= 15 is 0 Å². The minimum absolute atomic E-state index is 0.0420. The zero-order valence-corrected chi connectivity index (χ0v) is 23.8. The summed E-state index contributed by atoms with van der Waals surface area (Å²) in [5.74, 6) is -0.0839. The molecular weight excluding hydrogens is 424 g/mol. The van der Waals surface area contributed by atoms with Crippen LogP contribution in [0.1, 0.15) is 157 Å². The van der Waals surface area contributed by atoms with Gasteiger partial charge in [0.2, 0.25) is 0 Å². The quantitative estimate of drug-likeness (QED) is 0.108. The molecule has 0 fully saturated rings. The number of rotatable bonds is 23. The first-order valence-electron chi connectivity index (χ1n) is 14.7. The van der Waals surface area contributed by atoms with Crippen molar-refractivity contribution in [1.82, 2.24) is 0 Å². The molecule has 34 heavy (non-hydrogen) atoms. The Morgan fingerprint density at radius 3 is 1.12 bits per heavy atom. The van der Waals surface area contributed by atoms with Crippen LogP contribution in [0.4, 0.5) is 0 Å². The van der Waals surface area contributed by atoms with Crippen LogP contribution < -0.4 is 0 Å². The van der Waals surface area contributed by atoms with Crippen LogP contribution in [-0.2, 0) is 19.1 Å². The van der Waals surface area contributed by atoms with Gasteiger partial charge in [-0.15, -0.1) is 0 Å². The highest BCUT2D eigenvalue weighted by Gasteiger charge is 2.28. The molecule has 0 saturated carbocycles. The second kappa shape index (κ2) is 20.2. The third-order valence-electron chi connectivity index (χ3n) is 8.21. The number of hydrogen-bond acceptors (Lipinski definition) is 4. The Kier molecular flexibility index (Phi) is 19.5. The van der Waals surface area contributed by atoms with Gasteiger partial charge in [0, 0.05) is 23.7 Å². The first-order chi connectivity index (χ1) is 16.4. The minimum atomic E-state index is -0.0420. The van der Waals surface area contributed by atoms with E-state index in [1.165, 1.54) is 25.7 Å². The SMILES string of the molecule is CCCCC(CC)(CC)COC(=O)CCCCCCCCC(=O)OCC(CC)(CC)CCCC. The van der Waals surface area contributed by atoms with Gasteiger partial charge in [0.05, 0.1) is 13.2 Å². The van der Waals surface area contributed by atoms with Crippen molar-refractivity contribution in [2.45, 2.75) is 157 Å². The monoisotopic (exact) mass is 482 g/mol. The summed E-state index contributed by atoms with van der Waals surface area (Å²) in [4.78, 5) is 24.3. The van der Waals surface area contributed by atoms with Crippen molar-refractivity contribution < 1.29 is 19.1 Å². The van der Waals surface area contributed by atoms with Crippen molar-refractivity contribution in [3.05, 3.63) is 0 Å². The van der Waals surface area contributed by atoms with Crippen LogP contribution >= 0.6 is 0 Å². The predicted molar refractivity (Wildman–Crippen MR) is 144 cm³/mol. The van der Waals surface area contributed by atoms with Crippen LogP contribution in [0.2, 0.25) is 0 Å². The summed E-state index contributed by atoms with van der Waals surface area (Å²) in [5.41, 5.74) is 0.327. The molecule has 0 aromatic carbocycles. The molecule has 0 aromatic rings. The molecule has 0 aliphatic rings. The van der Waals surface area contributed by atoms with E-state index in [0.29, 0.717) is 26.1 Å². The van der Waals surface area contributed by atoms with Gasteiger partial charge in [0.25, 0.3) is 0 Å². The number of carbonyl (C=O) groups excluding carboxylic acids is 2. The zero-order chi connectivity index (χ0) is 25.7. The minimum Gasteiger partial charge on any atom is -0.465 e. The normalized spacial score (nSPS) is 12.1. The van der Waals surface area contributed by atoms with Gasteiger partial charge in [-0.1, -0.05) is 92.9 Å². The molecule has 0 atom stereocenters. The molecule has 0 saturated heterocycles. The number of hydrogen-bond donors (Lipinski definition) is 0. The van der Waals surface area contributed by atoms with Crippen molar-refractivity contribution in [3.8, 4) is 0 Å². The summed E-state index contributed by atoms with van der Waals surface area (Å²) in [6.45, 7) is 14.4.